The average molecular weight is 269 g/mol. The first-order valence-electron chi connectivity index (χ1n) is 4.11. The van der Waals surface area contributed by atoms with Gasteiger partial charge >= 0.3 is 0 Å². The van der Waals surface area contributed by atoms with E-state index in [1.165, 1.54) is 6.07 Å². The van der Waals surface area contributed by atoms with E-state index in [1.807, 2.05) is 0 Å². The quantitative estimate of drug-likeness (QED) is 0.873. The summed E-state index contributed by atoms with van der Waals surface area (Å²) < 4.78 is 25.0. The SMILES string of the molecule is NCCS(=O)(=O)Nc1cccc(Cl)c1Cl. The molecule has 1 aromatic rings. The number of halogens is 2. The van der Waals surface area contributed by atoms with Crippen LogP contribution in [0, 0.1) is 0 Å². The summed E-state index contributed by atoms with van der Waals surface area (Å²) in [7, 11) is -3.44. The second-order valence-electron chi connectivity index (χ2n) is 2.81. The number of nitrogens with one attached hydrogen (secondary N) is 1. The summed E-state index contributed by atoms with van der Waals surface area (Å²) >= 11 is 11.5. The molecule has 0 fully saturated rings. The largest absolute Gasteiger partial charge is 0.329 e. The molecule has 3 N–H and O–H groups in total. The zero-order chi connectivity index (χ0) is 11.5. The van der Waals surface area contributed by atoms with Gasteiger partial charge in [-0.25, -0.2) is 8.42 Å². The van der Waals surface area contributed by atoms with Gasteiger partial charge in [-0.2, -0.15) is 0 Å². The van der Waals surface area contributed by atoms with Crippen molar-refractivity contribution in [2.24, 2.45) is 5.73 Å². The Morgan fingerprint density at radius 2 is 2.00 bits per heavy atom. The van der Waals surface area contributed by atoms with Gasteiger partial charge in [0, 0.05) is 6.54 Å². The maximum absolute atomic E-state index is 11.4. The Kier molecular flexibility index (Phi) is 4.21. The molecule has 0 spiro atoms. The Labute approximate surface area is 98.4 Å². The zero-order valence-electron chi connectivity index (χ0n) is 7.70. The smallest absolute Gasteiger partial charge is 0.234 e. The molecule has 0 radical (unpaired) electrons. The van der Waals surface area contributed by atoms with Crippen LogP contribution in [-0.4, -0.2) is 20.7 Å². The zero-order valence-corrected chi connectivity index (χ0v) is 10.0. The number of sulfonamides is 1. The van der Waals surface area contributed by atoms with Crippen LogP contribution in [0.1, 0.15) is 0 Å². The molecule has 0 heterocycles. The molecule has 0 aromatic heterocycles. The third kappa shape index (κ3) is 3.53. The van der Waals surface area contributed by atoms with Crippen LogP contribution in [0.15, 0.2) is 18.2 Å². The lowest BCUT2D eigenvalue weighted by molar-refractivity contribution is 0.601. The predicted molar refractivity (Wildman–Crippen MR) is 62.9 cm³/mol. The second-order valence-corrected chi connectivity index (χ2v) is 5.44. The minimum atomic E-state index is -3.44. The first kappa shape index (κ1) is 12.6. The summed E-state index contributed by atoms with van der Waals surface area (Å²) in [6, 6.07) is 4.71. The number of hydrogen-bond donors (Lipinski definition) is 2. The standard InChI is InChI=1S/C8H10Cl2N2O2S/c9-6-2-1-3-7(8(6)10)12-15(13,14)5-4-11/h1-3,12H,4-5,11H2. The van der Waals surface area contributed by atoms with Gasteiger partial charge in [0.05, 0.1) is 21.5 Å². The second kappa shape index (κ2) is 5.03. The van der Waals surface area contributed by atoms with Crippen LogP contribution in [0.5, 0.6) is 0 Å². The van der Waals surface area contributed by atoms with Crippen molar-refractivity contribution >= 4 is 38.9 Å². The van der Waals surface area contributed by atoms with Gasteiger partial charge in [-0.15, -0.1) is 0 Å². The first-order chi connectivity index (χ1) is 6.96. The lowest BCUT2D eigenvalue weighted by Gasteiger charge is -2.09. The van der Waals surface area contributed by atoms with E-state index in [0.717, 1.165) is 0 Å². The summed E-state index contributed by atoms with van der Waals surface area (Å²) in [4.78, 5) is 0. The maximum Gasteiger partial charge on any atom is 0.234 e. The van der Waals surface area contributed by atoms with Crippen LogP contribution < -0.4 is 10.5 Å². The van der Waals surface area contributed by atoms with Crippen molar-refractivity contribution in [3.8, 4) is 0 Å². The first-order valence-corrected chi connectivity index (χ1v) is 6.51. The topological polar surface area (TPSA) is 72.2 Å². The van der Waals surface area contributed by atoms with Crippen molar-refractivity contribution in [3.05, 3.63) is 28.2 Å². The summed E-state index contributed by atoms with van der Waals surface area (Å²) in [5.41, 5.74) is 5.42. The minimum absolute atomic E-state index is 0.0491. The molecule has 15 heavy (non-hydrogen) atoms. The van der Waals surface area contributed by atoms with Gasteiger partial charge in [0.25, 0.3) is 0 Å². The fourth-order valence-corrected chi connectivity index (χ4v) is 2.28. The van der Waals surface area contributed by atoms with E-state index in [1.54, 1.807) is 12.1 Å². The molecule has 0 bridgehead atoms. The molecule has 0 saturated carbocycles. The highest BCUT2D eigenvalue weighted by Crippen LogP contribution is 2.30. The number of anilines is 1. The Morgan fingerprint density at radius 3 is 2.60 bits per heavy atom. The Hall–Kier alpha value is -0.490. The van der Waals surface area contributed by atoms with Crippen molar-refractivity contribution in [2.75, 3.05) is 17.0 Å². The number of rotatable bonds is 4. The molecule has 0 aliphatic carbocycles. The van der Waals surface area contributed by atoms with Gasteiger partial charge < -0.3 is 5.73 Å². The fourth-order valence-electron chi connectivity index (χ4n) is 0.956. The summed E-state index contributed by atoms with van der Waals surface area (Å²) in [5, 5.41) is 0.476. The molecule has 1 rings (SSSR count). The molecule has 0 aliphatic rings. The molecule has 0 amide bonds. The highest BCUT2D eigenvalue weighted by Gasteiger charge is 2.12. The fraction of sp³-hybridized carbons (Fsp3) is 0.250. The van der Waals surface area contributed by atoms with Crippen LogP contribution in [0.25, 0.3) is 0 Å². The lowest BCUT2D eigenvalue weighted by Crippen LogP contribution is -2.22. The van der Waals surface area contributed by atoms with Crippen molar-refractivity contribution in [2.45, 2.75) is 0 Å². The van der Waals surface area contributed by atoms with E-state index in [4.69, 9.17) is 28.9 Å². The highest BCUT2D eigenvalue weighted by atomic mass is 35.5. The van der Waals surface area contributed by atoms with Crippen LogP contribution in [0.3, 0.4) is 0 Å². The maximum atomic E-state index is 11.4. The van der Waals surface area contributed by atoms with Crippen LogP contribution in [0.2, 0.25) is 10.0 Å². The monoisotopic (exact) mass is 268 g/mol. The average Bonchev–Trinajstić information content (AvgIpc) is 2.12. The molecule has 7 heteroatoms. The molecule has 0 saturated heterocycles. The van der Waals surface area contributed by atoms with E-state index < -0.39 is 10.0 Å². The van der Waals surface area contributed by atoms with E-state index in [2.05, 4.69) is 4.72 Å². The predicted octanol–water partition coefficient (Wildman–Crippen LogP) is 1.69. The highest BCUT2D eigenvalue weighted by molar-refractivity contribution is 7.92. The molecule has 0 aliphatic heterocycles. The Bertz CT molecular complexity index is 448. The molecular weight excluding hydrogens is 259 g/mol. The third-order valence-corrected chi connectivity index (χ3v) is 3.73. The van der Waals surface area contributed by atoms with Crippen molar-refractivity contribution in [3.63, 3.8) is 0 Å². The Balaban J connectivity index is 2.95. The van der Waals surface area contributed by atoms with Gasteiger partial charge in [-0.05, 0) is 12.1 Å². The van der Waals surface area contributed by atoms with Crippen molar-refractivity contribution in [1.29, 1.82) is 0 Å². The molecule has 4 nitrogen and oxygen atoms in total. The summed E-state index contributed by atoms with van der Waals surface area (Å²) in [6.07, 6.45) is 0. The summed E-state index contributed by atoms with van der Waals surface area (Å²) in [5.74, 6) is -0.157. The van der Waals surface area contributed by atoms with Crippen LogP contribution >= 0.6 is 23.2 Å². The molecular formula is C8H10Cl2N2O2S. The summed E-state index contributed by atoms with van der Waals surface area (Å²) in [6.45, 7) is 0.0491. The van der Waals surface area contributed by atoms with E-state index in [-0.39, 0.29) is 23.0 Å². The van der Waals surface area contributed by atoms with Crippen molar-refractivity contribution < 1.29 is 8.42 Å². The van der Waals surface area contributed by atoms with Crippen LogP contribution in [0.4, 0.5) is 5.69 Å². The van der Waals surface area contributed by atoms with Gasteiger partial charge in [-0.1, -0.05) is 29.3 Å². The van der Waals surface area contributed by atoms with Crippen LogP contribution in [-0.2, 0) is 10.0 Å². The third-order valence-electron chi connectivity index (χ3n) is 1.60. The number of nitrogens with two attached hydrogens (primary N) is 1. The van der Waals surface area contributed by atoms with E-state index in [0.29, 0.717) is 5.02 Å². The molecule has 84 valence electrons. The van der Waals surface area contributed by atoms with Gasteiger partial charge in [0.15, 0.2) is 0 Å². The van der Waals surface area contributed by atoms with Crippen molar-refractivity contribution in [1.82, 2.24) is 0 Å². The molecule has 1 aromatic carbocycles. The van der Waals surface area contributed by atoms with E-state index in [9.17, 15) is 8.42 Å². The normalized spacial score (nSPS) is 11.4. The number of benzene rings is 1. The van der Waals surface area contributed by atoms with Gasteiger partial charge in [-0.3, -0.25) is 4.72 Å². The molecule has 0 atom stereocenters. The van der Waals surface area contributed by atoms with Gasteiger partial charge in [0.1, 0.15) is 0 Å². The van der Waals surface area contributed by atoms with Gasteiger partial charge in [0.2, 0.25) is 10.0 Å². The molecule has 0 unspecified atom stereocenters. The number of hydrogen-bond acceptors (Lipinski definition) is 3. The minimum Gasteiger partial charge on any atom is -0.329 e. The lowest BCUT2D eigenvalue weighted by atomic mass is 10.3. The van der Waals surface area contributed by atoms with E-state index >= 15 is 0 Å². The Morgan fingerprint density at radius 1 is 1.33 bits per heavy atom.